The Morgan fingerprint density at radius 2 is 1.93 bits per heavy atom. The quantitative estimate of drug-likeness (QED) is 0.690. The predicted molar refractivity (Wildman–Crippen MR) is 105 cm³/mol. The molecule has 9 heteroatoms. The van der Waals surface area contributed by atoms with Crippen LogP contribution in [-0.2, 0) is 11.3 Å². The number of carbonyl (C=O) groups is 2. The van der Waals surface area contributed by atoms with Crippen LogP contribution >= 0.6 is 0 Å². The van der Waals surface area contributed by atoms with E-state index in [1.54, 1.807) is 6.92 Å². The summed E-state index contributed by atoms with van der Waals surface area (Å²) in [7, 11) is 0. The first-order valence-electron chi connectivity index (χ1n) is 9.64. The zero-order valence-electron chi connectivity index (χ0n) is 16.9. The number of pyridine rings is 1. The highest BCUT2D eigenvalue weighted by molar-refractivity contribution is 5.95. The van der Waals surface area contributed by atoms with E-state index in [4.69, 9.17) is 0 Å². The molecule has 0 radical (unpaired) electrons. The van der Waals surface area contributed by atoms with E-state index >= 15 is 0 Å². The molecule has 1 aromatic heterocycles. The second kappa shape index (κ2) is 8.73. The highest BCUT2D eigenvalue weighted by Crippen LogP contribution is 2.26. The van der Waals surface area contributed by atoms with E-state index in [9.17, 15) is 22.8 Å². The number of nitrogens with one attached hydrogen (secondary N) is 2. The van der Waals surface area contributed by atoms with E-state index in [1.807, 2.05) is 13.8 Å². The summed E-state index contributed by atoms with van der Waals surface area (Å²) in [5.74, 6) is -2.60. The van der Waals surface area contributed by atoms with Gasteiger partial charge in [0.2, 0.25) is 11.9 Å². The third kappa shape index (κ3) is 4.72. The molecule has 0 fully saturated rings. The van der Waals surface area contributed by atoms with E-state index in [0.717, 1.165) is 18.2 Å². The lowest BCUT2D eigenvalue weighted by atomic mass is 9.99. The maximum Gasteiger partial charge on any atom is 0.322 e. The van der Waals surface area contributed by atoms with Gasteiger partial charge in [0.1, 0.15) is 17.7 Å². The molecule has 2 aromatic rings. The molecule has 0 unspecified atom stereocenters. The van der Waals surface area contributed by atoms with E-state index in [-0.39, 0.29) is 18.0 Å². The minimum atomic E-state index is -0.880. The monoisotopic (exact) mass is 420 g/mol. The van der Waals surface area contributed by atoms with Crippen molar-refractivity contribution in [1.29, 1.82) is 0 Å². The average Bonchev–Trinajstić information content (AvgIpc) is 2.65. The van der Waals surface area contributed by atoms with Gasteiger partial charge in [-0.1, -0.05) is 19.9 Å². The molecular weight excluding hydrogens is 397 g/mol. The highest BCUT2D eigenvalue weighted by Gasteiger charge is 2.35. The standard InChI is InChI=1S/C21H23F3N4O2/c1-11(2)8-18(20(29)25-12(3)14-5-4-13(22)9-15(14)23)28-10-17-16(27-21(28)30)6-7-19(24)26-17/h4-7,9,11-12,18H,8,10H2,1-3H3,(H,25,29)(H,27,30)/t12-,18+/m0/s1. The van der Waals surface area contributed by atoms with Crippen LogP contribution in [0, 0.1) is 23.5 Å². The molecule has 2 heterocycles. The minimum Gasteiger partial charge on any atom is -0.348 e. The number of anilines is 1. The normalized spacial score (nSPS) is 15.4. The van der Waals surface area contributed by atoms with Crippen molar-refractivity contribution in [2.75, 3.05) is 5.32 Å². The molecule has 6 nitrogen and oxygen atoms in total. The van der Waals surface area contributed by atoms with Gasteiger partial charge >= 0.3 is 6.03 Å². The first-order chi connectivity index (χ1) is 14.2. The molecule has 1 aliphatic heterocycles. The van der Waals surface area contributed by atoms with Crippen molar-refractivity contribution in [2.45, 2.75) is 45.8 Å². The number of fused-ring (bicyclic) bond motifs is 1. The lowest BCUT2D eigenvalue weighted by molar-refractivity contribution is -0.126. The van der Waals surface area contributed by atoms with Crippen LogP contribution in [0.4, 0.5) is 23.7 Å². The van der Waals surface area contributed by atoms with Gasteiger partial charge in [0.15, 0.2) is 0 Å². The van der Waals surface area contributed by atoms with Crippen molar-refractivity contribution in [3.05, 3.63) is 59.2 Å². The number of hydrogen-bond acceptors (Lipinski definition) is 3. The van der Waals surface area contributed by atoms with Crippen LogP contribution in [0.1, 0.15) is 44.5 Å². The number of rotatable bonds is 6. The first kappa shape index (κ1) is 21.6. The van der Waals surface area contributed by atoms with Crippen molar-refractivity contribution >= 4 is 17.6 Å². The fraction of sp³-hybridized carbons (Fsp3) is 0.381. The second-order valence-corrected chi connectivity index (χ2v) is 7.73. The molecule has 3 amide bonds. The molecule has 0 aliphatic carbocycles. The molecule has 0 bridgehead atoms. The summed E-state index contributed by atoms with van der Waals surface area (Å²) < 4.78 is 40.8. The summed E-state index contributed by atoms with van der Waals surface area (Å²) in [5.41, 5.74) is 0.835. The topological polar surface area (TPSA) is 74.3 Å². The van der Waals surface area contributed by atoms with Crippen LogP contribution in [-0.4, -0.2) is 27.9 Å². The van der Waals surface area contributed by atoms with Crippen molar-refractivity contribution < 1.29 is 22.8 Å². The van der Waals surface area contributed by atoms with E-state index < -0.39 is 41.6 Å². The fourth-order valence-electron chi connectivity index (χ4n) is 3.44. The van der Waals surface area contributed by atoms with Crippen LogP contribution < -0.4 is 10.6 Å². The Hall–Kier alpha value is -3.10. The number of aromatic nitrogens is 1. The summed E-state index contributed by atoms with van der Waals surface area (Å²) >= 11 is 0. The van der Waals surface area contributed by atoms with Gasteiger partial charge in [-0.05, 0) is 37.5 Å². The van der Waals surface area contributed by atoms with Crippen LogP contribution in [0.25, 0.3) is 0 Å². The van der Waals surface area contributed by atoms with Gasteiger partial charge in [-0.3, -0.25) is 4.79 Å². The van der Waals surface area contributed by atoms with Gasteiger partial charge in [-0.2, -0.15) is 4.39 Å². The van der Waals surface area contributed by atoms with Crippen LogP contribution in [0.15, 0.2) is 30.3 Å². The summed E-state index contributed by atoms with van der Waals surface area (Å²) in [6, 6.07) is 3.56. The summed E-state index contributed by atoms with van der Waals surface area (Å²) in [4.78, 5) is 30.8. The van der Waals surface area contributed by atoms with Crippen LogP contribution in [0.5, 0.6) is 0 Å². The Kier molecular flexibility index (Phi) is 6.28. The smallest absolute Gasteiger partial charge is 0.322 e. The molecule has 2 N–H and O–H groups in total. The van der Waals surface area contributed by atoms with Crippen molar-refractivity contribution in [3.8, 4) is 0 Å². The zero-order chi connectivity index (χ0) is 22.0. The third-order valence-corrected chi connectivity index (χ3v) is 4.92. The number of nitrogens with zero attached hydrogens (tertiary/aromatic N) is 2. The van der Waals surface area contributed by atoms with Crippen molar-refractivity contribution in [1.82, 2.24) is 15.2 Å². The Balaban J connectivity index is 1.83. The van der Waals surface area contributed by atoms with E-state index in [2.05, 4.69) is 15.6 Å². The molecule has 2 atom stereocenters. The number of benzene rings is 1. The number of halogens is 3. The molecule has 160 valence electrons. The molecule has 30 heavy (non-hydrogen) atoms. The van der Waals surface area contributed by atoms with E-state index in [1.165, 1.54) is 17.0 Å². The zero-order valence-corrected chi connectivity index (χ0v) is 16.9. The van der Waals surface area contributed by atoms with Crippen LogP contribution in [0.3, 0.4) is 0 Å². The van der Waals surface area contributed by atoms with Crippen LogP contribution in [0.2, 0.25) is 0 Å². The van der Waals surface area contributed by atoms with Gasteiger partial charge in [0, 0.05) is 11.6 Å². The number of hydrogen-bond donors (Lipinski definition) is 2. The van der Waals surface area contributed by atoms with Gasteiger partial charge < -0.3 is 15.5 Å². The average molecular weight is 420 g/mol. The largest absolute Gasteiger partial charge is 0.348 e. The molecule has 1 aromatic carbocycles. The minimum absolute atomic E-state index is 0.0387. The maximum atomic E-state index is 14.1. The molecule has 1 aliphatic rings. The number of carbonyl (C=O) groups excluding carboxylic acids is 2. The lowest BCUT2D eigenvalue weighted by Gasteiger charge is -2.35. The third-order valence-electron chi connectivity index (χ3n) is 4.92. The molecule has 3 rings (SSSR count). The Morgan fingerprint density at radius 3 is 2.60 bits per heavy atom. The Morgan fingerprint density at radius 1 is 1.20 bits per heavy atom. The summed E-state index contributed by atoms with van der Waals surface area (Å²) in [5, 5.41) is 5.32. The SMILES string of the molecule is CC(C)C[C@H](C(=O)N[C@@H](C)c1ccc(F)cc1F)N1Cc2nc(F)ccc2NC1=O. The van der Waals surface area contributed by atoms with Gasteiger partial charge in [-0.15, -0.1) is 0 Å². The van der Waals surface area contributed by atoms with E-state index in [0.29, 0.717) is 17.8 Å². The van der Waals surface area contributed by atoms with Crippen molar-refractivity contribution in [2.24, 2.45) is 5.92 Å². The lowest BCUT2D eigenvalue weighted by Crippen LogP contribution is -2.53. The summed E-state index contributed by atoms with van der Waals surface area (Å²) in [6.45, 7) is 5.33. The van der Waals surface area contributed by atoms with Crippen molar-refractivity contribution in [3.63, 3.8) is 0 Å². The number of amides is 3. The first-order valence-corrected chi connectivity index (χ1v) is 9.64. The molecule has 0 saturated carbocycles. The highest BCUT2D eigenvalue weighted by atomic mass is 19.1. The molecule has 0 saturated heterocycles. The second-order valence-electron chi connectivity index (χ2n) is 7.73. The maximum absolute atomic E-state index is 14.1. The molecule has 0 spiro atoms. The summed E-state index contributed by atoms with van der Waals surface area (Å²) in [6.07, 6.45) is 0.336. The van der Waals surface area contributed by atoms with Gasteiger partial charge in [0.05, 0.1) is 24.0 Å². The Bertz CT molecular complexity index is 967. The van der Waals surface area contributed by atoms with Gasteiger partial charge in [-0.25, -0.2) is 18.6 Å². The Labute approximate surface area is 172 Å². The fourth-order valence-corrected chi connectivity index (χ4v) is 3.44. The number of urea groups is 1. The van der Waals surface area contributed by atoms with Gasteiger partial charge in [0.25, 0.3) is 0 Å². The predicted octanol–water partition coefficient (Wildman–Crippen LogP) is 4.14. The molecular formula is C21H23F3N4O2.